The van der Waals surface area contributed by atoms with Crippen LogP contribution in [0.2, 0.25) is 0 Å². The van der Waals surface area contributed by atoms with Gasteiger partial charge in [0.2, 0.25) is 0 Å². The number of fused-ring (bicyclic) bond motifs is 1. The summed E-state index contributed by atoms with van der Waals surface area (Å²) >= 11 is 0. The molecule has 46 heavy (non-hydrogen) atoms. The molecule has 0 saturated heterocycles. The van der Waals surface area contributed by atoms with Crippen LogP contribution in [0.15, 0.2) is 176 Å². The molecule has 7 aromatic rings. The molecule has 0 spiro atoms. The molecule has 7 rings (SSSR count). The molecule has 1 heteroatoms. The third kappa shape index (κ3) is 6.04. The van der Waals surface area contributed by atoms with Crippen LogP contribution in [0.3, 0.4) is 0 Å². The SMILES string of the molecule is C=Cc1ccccc1/C=C(\C)c1ccc(N(c2ccc(-c3ccccc3)cc2)c2ccc(-c3ccc4ccccc4c3)cc2)cc1. The van der Waals surface area contributed by atoms with Crippen LogP contribution in [0.25, 0.3) is 50.8 Å². The average Bonchev–Trinajstić information content (AvgIpc) is 3.13. The van der Waals surface area contributed by atoms with E-state index in [1.807, 2.05) is 12.1 Å². The Morgan fingerprint density at radius 1 is 0.457 bits per heavy atom. The summed E-state index contributed by atoms with van der Waals surface area (Å²) in [5.41, 5.74) is 12.9. The van der Waals surface area contributed by atoms with Crippen LogP contribution in [0.1, 0.15) is 23.6 Å². The van der Waals surface area contributed by atoms with Crippen molar-refractivity contribution >= 4 is 45.6 Å². The topological polar surface area (TPSA) is 3.24 Å². The third-order valence-electron chi connectivity index (χ3n) is 8.61. The van der Waals surface area contributed by atoms with Gasteiger partial charge in [-0.05, 0) is 105 Å². The van der Waals surface area contributed by atoms with Crippen LogP contribution in [-0.4, -0.2) is 0 Å². The van der Waals surface area contributed by atoms with E-state index in [0.717, 1.165) is 22.6 Å². The van der Waals surface area contributed by atoms with E-state index < -0.39 is 0 Å². The Balaban J connectivity index is 1.24. The minimum Gasteiger partial charge on any atom is -0.311 e. The van der Waals surface area contributed by atoms with Gasteiger partial charge in [0.25, 0.3) is 0 Å². The molecule has 0 unspecified atom stereocenters. The van der Waals surface area contributed by atoms with Crippen molar-refractivity contribution in [3.63, 3.8) is 0 Å². The lowest BCUT2D eigenvalue weighted by Gasteiger charge is -2.26. The summed E-state index contributed by atoms with van der Waals surface area (Å²) in [6, 6.07) is 60.7. The van der Waals surface area contributed by atoms with Crippen molar-refractivity contribution in [1.82, 2.24) is 0 Å². The van der Waals surface area contributed by atoms with Crippen molar-refractivity contribution in [1.29, 1.82) is 0 Å². The summed E-state index contributed by atoms with van der Waals surface area (Å²) in [6.07, 6.45) is 4.14. The summed E-state index contributed by atoms with van der Waals surface area (Å²) in [4.78, 5) is 2.33. The molecule has 7 aromatic carbocycles. The summed E-state index contributed by atoms with van der Waals surface area (Å²) < 4.78 is 0. The van der Waals surface area contributed by atoms with E-state index in [9.17, 15) is 0 Å². The fraction of sp³-hybridized carbons (Fsp3) is 0.0222. The van der Waals surface area contributed by atoms with Crippen molar-refractivity contribution in [2.75, 3.05) is 4.90 Å². The van der Waals surface area contributed by atoms with Gasteiger partial charge in [0.1, 0.15) is 0 Å². The summed E-state index contributed by atoms with van der Waals surface area (Å²) in [5, 5.41) is 2.51. The van der Waals surface area contributed by atoms with Crippen molar-refractivity contribution in [3.8, 4) is 22.3 Å². The lowest BCUT2D eigenvalue weighted by Crippen LogP contribution is -2.09. The van der Waals surface area contributed by atoms with Gasteiger partial charge < -0.3 is 4.90 Å². The van der Waals surface area contributed by atoms with Crippen LogP contribution in [0, 0.1) is 0 Å². The van der Waals surface area contributed by atoms with Crippen molar-refractivity contribution in [2.24, 2.45) is 0 Å². The van der Waals surface area contributed by atoms with Crippen LogP contribution in [0.4, 0.5) is 17.1 Å². The van der Waals surface area contributed by atoms with Gasteiger partial charge in [-0.2, -0.15) is 0 Å². The zero-order valence-electron chi connectivity index (χ0n) is 26.0. The van der Waals surface area contributed by atoms with Gasteiger partial charge in [0.15, 0.2) is 0 Å². The Hall–Kier alpha value is -5.92. The summed E-state index contributed by atoms with van der Waals surface area (Å²) in [6.45, 7) is 6.15. The average molecular weight is 590 g/mol. The number of nitrogens with zero attached hydrogens (tertiary/aromatic N) is 1. The second-order valence-electron chi connectivity index (χ2n) is 11.6. The Morgan fingerprint density at radius 3 is 1.57 bits per heavy atom. The van der Waals surface area contributed by atoms with Crippen LogP contribution >= 0.6 is 0 Å². The van der Waals surface area contributed by atoms with Crippen molar-refractivity contribution in [2.45, 2.75) is 6.92 Å². The maximum Gasteiger partial charge on any atom is 0.0462 e. The first kappa shape index (κ1) is 28.8. The van der Waals surface area contributed by atoms with Crippen LogP contribution in [-0.2, 0) is 0 Å². The lowest BCUT2D eigenvalue weighted by molar-refractivity contribution is 1.28. The molecule has 0 aromatic heterocycles. The molecular formula is C45H35N. The minimum absolute atomic E-state index is 1.11. The highest BCUT2D eigenvalue weighted by Gasteiger charge is 2.14. The molecular weight excluding hydrogens is 555 g/mol. The molecule has 0 fully saturated rings. The third-order valence-corrected chi connectivity index (χ3v) is 8.61. The molecule has 0 aliphatic carbocycles. The van der Waals surface area contributed by atoms with Gasteiger partial charge in [-0.15, -0.1) is 0 Å². The van der Waals surface area contributed by atoms with Gasteiger partial charge in [0, 0.05) is 17.1 Å². The minimum atomic E-state index is 1.11. The number of hydrogen-bond donors (Lipinski definition) is 0. The molecule has 220 valence electrons. The monoisotopic (exact) mass is 589 g/mol. The first-order chi connectivity index (χ1) is 22.7. The Morgan fingerprint density at radius 2 is 0.935 bits per heavy atom. The van der Waals surface area contributed by atoms with Crippen LogP contribution in [0.5, 0.6) is 0 Å². The first-order valence-corrected chi connectivity index (χ1v) is 15.7. The smallest absolute Gasteiger partial charge is 0.0462 e. The number of anilines is 3. The van der Waals surface area contributed by atoms with E-state index in [1.54, 1.807) is 0 Å². The van der Waals surface area contributed by atoms with Gasteiger partial charge >= 0.3 is 0 Å². The van der Waals surface area contributed by atoms with Gasteiger partial charge in [-0.3, -0.25) is 0 Å². The van der Waals surface area contributed by atoms with E-state index in [-0.39, 0.29) is 0 Å². The molecule has 0 amide bonds. The van der Waals surface area contributed by atoms with Gasteiger partial charge in [-0.1, -0.05) is 146 Å². The van der Waals surface area contributed by atoms with Crippen LogP contribution < -0.4 is 4.90 Å². The van der Waals surface area contributed by atoms with Gasteiger partial charge in [0.05, 0.1) is 0 Å². The van der Waals surface area contributed by atoms with E-state index in [4.69, 9.17) is 0 Å². The highest BCUT2D eigenvalue weighted by molar-refractivity contribution is 5.88. The van der Waals surface area contributed by atoms with Gasteiger partial charge in [-0.25, -0.2) is 0 Å². The Kier molecular flexibility index (Phi) is 8.13. The predicted molar refractivity (Wildman–Crippen MR) is 200 cm³/mol. The maximum absolute atomic E-state index is 3.98. The van der Waals surface area contributed by atoms with E-state index >= 15 is 0 Å². The van der Waals surface area contributed by atoms with E-state index in [1.165, 1.54) is 49.7 Å². The molecule has 0 atom stereocenters. The molecule has 0 bridgehead atoms. The highest BCUT2D eigenvalue weighted by Crippen LogP contribution is 2.37. The fourth-order valence-corrected chi connectivity index (χ4v) is 6.07. The quantitative estimate of drug-likeness (QED) is 0.159. The molecule has 0 saturated carbocycles. The number of benzene rings is 7. The fourth-order valence-electron chi connectivity index (χ4n) is 6.07. The molecule has 0 heterocycles. The second-order valence-corrected chi connectivity index (χ2v) is 11.6. The number of hydrogen-bond acceptors (Lipinski definition) is 1. The van der Waals surface area contributed by atoms with Crippen molar-refractivity contribution in [3.05, 3.63) is 193 Å². The van der Waals surface area contributed by atoms with E-state index in [0.29, 0.717) is 0 Å². The molecule has 0 aliphatic rings. The van der Waals surface area contributed by atoms with E-state index in [2.05, 4.69) is 188 Å². The molecule has 0 N–H and O–H groups in total. The normalized spacial score (nSPS) is 11.4. The molecule has 1 nitrogen and oxygen atoms in total. The largest absolute Gasteiger partial charge is 0.311 e. The summed E-state index contributed by atoms with van der Waals surface area (Å²) in [7, 11) is 0. The predicted octanol–water partition coefficient (Wildman–Crippen LogP) is 12.8. The standard InChI is InChI=1S/C45H35N/c1-3-34-11-7-9-15-40(34)31-33(2)35-19-25-43(26-20-35)46(44-27-21-38(22-28-44)36-12-5-4-6-13-36)45-29-23-39(24-30-45)42-18-17-37-14-8-10-16-41(37)32-42/h3-32H,1H2,2H3/b33-31+. The zero-order chi connectivity index (χ0) is 31.3. The Labute approximate surface area is 272 Å². The summed E-state index contributed by atoms with van der Waals surface area (Å²) in [5.74, 6) is 0. The first-order valence-electron chi connectivity index (χ1n) is 15.7. The second kappa shape index (κ2) is 13.0. The lowest BCUT2D eigenvalue weighted by atomic mass is 10.00. The number of rotatable bonds is 8. The van der Waals surface area contributed by atoms with Crippen molar-refractivity contribution < 1.29 is 0 Å². The molecule has 0 radical (unpaired) electrons. The number of allylic oxidation sites excluding steroid dienone is 1. The molecule has 0 aliphatic heterocycles. The maximum atomic E-state index is 3.98. The zero-order valence-corrected chi connectivity index (χ0v) is 26.0. The highest BCUT2D eigenvalue weighted by atomic mass is 15.1. The Bertz CT molecular complexity index is 2140.